The number of imidazole rings is 1. The minimum absolute atomic E-state index is 0.0224. The largest absolute Gasteiger partial charge is 0.466 e. The fourth-order valence-electron chi connectivity index (χ4n) is 6.35. The molecule has 1 N–H and O–H groups in total. The molecular formula is C34H41F3N8O3. The number of nitrogens with zero attached hydrogens (tertiary/aromatic N) is 7. The van der Waals surface area contributed by atoms with Gasteiger partial charge in [-0.1, -0.05) is 13.8 Å². The van der Waals surface area contributed by atoms with Crippen molar-refractivity contribution in [2.75, 3.05) is 56.8 Å². The number of esters is 1. The van der Waals surface area contributed by atoms with Crippen LogP contribution in [-0.2, 0) is 20.4 Å². The Morgan fingerprint density at radius 1 is 1.02 bits per heavy atom. The van der Waals surface area contributed by atoms with Crippen LogP contribution in [0, 0.1) is 11.3 Å². The zero-order valence-corrected chi connectivity index (χ0v) is 27.9. The van der Waals surface area contributed by atoms with Gasteiger partial charge in [-0.25, -0.2) is 24.9 Å². The molecule has 4 aromatic rings. The molecule has 0 bridgehead atoms. The molecule has 48 heavy (non-hydrogen) atoms. The number of aromatic amines is 1. The summed E-state index contributed by atoms with van der Waals surface area (Å²) in [6.45, 7) is 8.78. The average Bonchev–Trinajstić information content (AvgIpc) is 3.82. The van der Waals surface area contributed by atoms with Crippen LogP contribution in [-0.4, -0.2) is 82.9 Å². The van der Waals surface area contributed by atoms with Crippen LogP contribution in [0.4, 0.5) is 24.7 Å². The van der Waals surface area contributed by atoms with E-state index in [1.54, 1.807) is 31.6 Å². The number of ether oxygens (including phenoxy) is 2. The monoisotopic (exact) mass is 666 g/mol. The van der Waals surface area contributed by atoms with Gasteiger partial charge in [0.1, 0.15) is 22.7 Å². The molecule has 5 heterocycles. The Bertz CT molecular complexity index is 1760. The molecule has 11 nitrogen and oxygen atoms in total. The van der Waals surface area contributed by atoms with E-state index in [0.29, 0.717) is 91.1 Å². The highest BCUT2D eigenvalue weighted by Gasteiger charge is 2.36. The van der Waals surface area contributed by atoms with Crippen molar-refractivity contribution in [3.63, 3.8) is 0 Å². The van der Waals surface area contributed by atoms with E-state index in [2.05, 4.69) is 38.7 Å². The molecule has 1 saturated carbocycles. The summed E-state index contributed by atoms with van der Waals surface area (Å²) in [7, 11) is 3.59. The average molecular weight is 667 g/mol. The number of piperidine rings is 1. The van der Waals surface area contributed by atoms with Gasteiger partial charge in [0.15, 0.2) is 11.5 Å². The Morgan fingerprint density at radius 3 is 2.40 bits per heavy atom. The van der Waals surface area contributed by atoms with Crippen LogP contribution in [0.5, 0.6) is 0 Å². The van der Waals surface area contributed by atoms with Gasteiger partial charge in [-0.05, 0) is 50.8 Å². The number of hydrogen-bond donors (Lipinski definition) is 1. The second kappa shape index (κ2) is 13.3. The second-order valence-corrected chi connectivity index (χ2v) is 13.5. The summed E-state index contributed by atoms with van der Waals surface area (Å²) in [6, 6.07) is 4.58. The summed E-state index contributed by atoms with van der Waals surface area (Å²) in [5.74, 6) is 0.893. The van der Waals surface area contributed by atoms with E-state index in [-0.39, 0.29) is 23.2 Å². The Kier molecular flexibility index (Phi) is 9.29. The molecule has 0 amide bonds. The summed E-state index contributed by atoms with van der Waals surface area (Å²) < 4.78 is 52.4. The first kappa shape index (κ1) is 33.6. The van der Waals surface area contributed by atoms with E-state index < -0.39 is 11.9 Å². The zero-order valence-electron chi connectivity index (χ0n) is 27.9. The van der Waals surface area contributed by atoms with E-state index in [4.69, 9.17) is 19.4 Å². The third-order valence-electron chi connectivity index (χ3n) is 8.80. The van der Waals surface area contributed by atoms with Crippen LogP contribution in [0.15, 0.2) is 30.6 Å². The lowest BCUT2D eigenvalue weighted by Gasteiger charge is -2.31. The summed E-state index contributed by atoms with van der Waals surface area (Å²) in [4.78, 5) is 42.4. The first-order chi connectivity index (χ1) is 22.8. The van der Waals surface area contributed by atoms with Crippen LogP contribution < -0.4 is 9.80 Å². The third-order valence-corrected chi connectivity index (χ3v) is 8.80. The molecule has 1 aliphatic heterocycles. The maximum atomic E-state index is 13.9. The van der Waals surface area contributed by atoms with E-state index in [1.165, 1.54) is 0 Å². The summed E-state index contributed by atoms with van der Waals surface area (Å²) in [6.07, 6.45) is 1.73. The van der Waals surface area contributed by atoms with Crippen molar-refractivity contribution in [1.82, 2.24) is 29.9 Å². The molecule has 2 fully saturated rings. The van der Waals surface area contributed by atoms with Gasteiger partial charge in [0.2, 0.25) is 0 Å². The van der Waals surface area contributed by atoms with Crippen molar-refractivity contribution in [1.29, 1.82) is 0 Å². The SMILES string of the molecule is CCOC(=O)C1CCN(c2cnc(-c3nc4nc(-c5cc(C6CC6)nc(C(F)(F)F)c5)cc(N(C)CC(C)(C)COC)c4[nH]3)cn2)CC1. The molecule has 0 unspecified atom stereocenters. The number of halogens is 3. The highest BCUT2D eigenvalue weighted by molar-refractivity contribution is 5.91. The van der Waals surface area contributed by atoms with Gasteiger partial charge in [-0.3, -0.25) is 4.79 Å². The van der Waals surface area contributed by atoms with E-state index in [1.807, 2.05) is 18.9 Å². The number of carbonyl (C=O) groups excluding carboxylic acids is 1. The van der Waals surface area contributed by atoms with Crippen molar-refractivity contribution in [2.24, 2.45) is 11.3 Å². The third kappa shape index (κ3) is 7.38. The second-order valence-electron chi connectivity index (χ2n) is 13.5. The molecule has 0 radical (unpaired) electrons. The molecule has 1 saturated heterocycles. The number of hydrogen-bond acceptors (Lipinski definition) is 10. The van der Waals surface area contributed by atoms with Gasteiger partial charge in [0.05, 0.1) is 42.9 Å². The van der Waals surface area contributed by atoms with Crippen molar-refractivity contribution in [3.8, 4) is 22.8 Å². The highest BCUT2D eigenvalue weighted by atomic mass is 19.4. The maximum absolute atomic E-state index is 13.9. The van der Waals surface area contributed by atoms with Crippen molar-refractivity contribution < 1.29 is 27.4 Å². The van der Waals surface area contributed by atoms with Crippen molar-refractivity contribution in [3.05, 3.63) is 42.0 Å². The Labute approximate surface area is 277 Å². The Balaban J connectivity index is 1.34. The van der Waals surface area contributed by atoms with Gasteiger partial charge < -0.3 is 24.3 Å². The lowest BCUT2D eigenvalue weighted by Crippen LogP contribution is -2.37. The topological polar surface area (TPSA) is 122 Å². The molecule has 4 aromatic heterocycles. The summed E-state index contributed by atoms with van der Waals surface area (Å²) >= 11 is 0. The molecule has 0 spiro atoms. The van der Waals surface area contributed by atoms with Crippen LogP contribution in [0.1, 0.15) is 63.8 Å². The van der Waals surface area contributed by atoms with Crippen molar-refractivity contribution >= 4 is 28.6 Å². The number of aromatic nitrogens is 6. The normalized spacial score (nSPS) is 16.0. The van der Waals surface area contributed by atoms with Crippen LogP contribution in [0.25, 0.3) is 33.9 Å². The number of fused-ring (bicyclic) bond motifs is 1. The number of H-pyrrole nitrogens is 1. The molecule has 2 aliphatic rings. The van der Waals surface area contributed by atoms with Crippen LogP contribution in [0.3, 0.4) is 0 Å². The predicted molar refractivity (Wildman–Crippen MR) is 176 cm³/mol. The quantitative estimate of drug-likeness (QED) is 0.184. The first-order valence-electron chi connectivity index (χ1n) is 16.3. The number of pyridine rings is 2. The molecular weight excluding hydrogens is 625 g/mol. The van der Waals surface area contributed by atoms with Crippen molar-refractivity contribution in [2.45, 2.75) is 58.5 Å². The van der Waals surface area contributed by atoms with Gasteiger partial charge in [-0.2, -0.15) is 13.2 Å². The molecule has 14 heteroatoms. The summed E-state index contributed by atoms with van der Waals surface area (Å²) in [5, 5.41) is 0. The van der Waals surface area contributed by atoms with Gasteiger partial charge in [0.25, 0.3) is 0 Å². The Hall–Kier alpha value is -4.33. The maximum Gasteiger partial charge on any atom is 0.433 e. The number of nitrogens with one attached hydrogen (secondary N) is 1. The van der Waals surface area contributed by atoms with Gasteiger partial charge >= 0.3 is 12.1 Å². The predicted octanol–water partition coefficient (Wildman–Crippen LogP) is 6.26. The lowest BCUT2D eigenvalue weighted by molar-refractivity contribution is -0.148. The first-order valence-corrected chi connectivity index (χ1v) is 16.3. The lowest BCUT2D eigenvalue weighted by atomic mass is 9.94. The number of anilines is 2. The number of methoxy groups -OCH3 is 1. The molecule has 0 aromatic carbocycles. The smallest absolute Gasteiger partial charge is 0.433 e. The van der Waals surface area contributed by atoms with Crippen LogP contribution >= 0.6 is 0 Å². The zero-order chi connectivity index (χ0) is 34.2. The van der Waals surface area contributed by atoms with E-state index in [9.17, 15) is 18.0 Å². The number of rotatable bonds is 11. The number of alkyl halides is 3. The van der Waals surface area contributed by atoms with Gasteiger partial charge in [-0.15, -0.1) is 0 Å². The molecule has 0 atom stereocenters. The molecule has 1 aliphatic carbocycles. The fourth-order valence-corrected chi connectivity index (χ4v) is 6.35. The fraction of sp³-hybridized carbons (Fsp3) is 0.529. The Morgan fingerprint density at radius 2 is 1.77 bits per heavy atom. The van der Waals surface area contributed by atoms with E-state index >= 15 is 0 Å². The van der Waals surface area contributed by atoms with Gasteiger partial charge in [0, 0.05) is 56.4 Å². The standard InChI is InChI=1S/C34H41F3N8O3/c1-6-48-32(46)21-9-11-45(12-10-21)28-17-38-25(16-39-28)30-42-29-26(44(4)18-33(2,3)19-47-5)15-24(41-31(29)43-30)22-13-23(20-7-8-20)40-27(14-22)34(35,36)37/h13-17,20-21H,6-12,18-19H2,1-5H3,(H,41,42,43). The summed E-state index contributed by atoms with van der Waals surface area (Å²) in [5.41, 5.74) is 2.18. The molecule has 256 valence electrons. The van der Waals surface area contributed by atoms with Crippen LogP contribution in [0.2, 0.25) is 0 Å². The van der Waals surface area contributed by atoms with E-state index in [0.717, 1.165) is 24.6 Å². The number of carbonyl (C=O) groups is 1. The highest BCUT2D eigenvalue weighted by Crippen LogP contribution is 2.42. The minimum atomic E-state index is -4.59. The molecule has 6 rings (SSSR count). The minimum Gasteiger partial charge on any atom is -0.466 e.